The molecule has 0 aliphatic carbocycles. The summed E-state index contributed by atoms with van der Waals surface area (Å²) in [6.45, 7) is 3.31. The number of anilines is 1. The van der Waals surface area contributed by atoms with E-state index in [1.807, 2.05) is 18.2 Å². The van der Waals surface area contributed by atoms with Crippen molar-refractivity contribution in [2.75, 3.05) is 5.32 Å². The Morgan fingerprint density at radius 3 is 3.06 bits per heavy atom. The highest BCUT2D eigenvalue weighted by molar-refractivity contribution is 7.18. The zero-order valence-corrected chi connectivity index (χ0v) is 9.57. The molecule has 0 atom stereocenters. The van der Waals surface area contributed by atoms with E-state index in [0.717, 1.165) is 5.69 Å². The summed E-state index contributed by atoms with van der Waals surface area (Å²) >= 11 is 1.26. The van der Waals surface area contributed by atoms with Crippen LogP contribution in [0.3, 0.4) is 0 Å². The Bertz CT molecular complexity index is 572. The van der Waals surface area contributed by atoms with Crippen molar-refractivity contribution >= 4 is 22.4 Å². The van der Waals surface area contributed by atoms with E-state index in [1.165, 1.54) is 17.4 Å². The fraction of sp³-hybridized carbons (Fsp3) is 0. The second-order valence-electron chi connectivity index (χ2n) is 2.97. The van der Waals surface area contributed by atoms with E-state index in [-0.39, 0.29) is 5.91 Å². The van der Waals surface area contributed by atoms with Gasteiger partial charge in [-0.05, 0) is 12.1 Å². The molecule has 84 valence electrons. The van der Waals surface area contributed by atoms with E-state index in [1.54, 1.807) is 6.20 Å². The number of nitrogens with one attached hydrogen (secondary N) is 1. The van der Waals surface area contributed by atoms with Gasteiger partial charge in [-0.15, -0.1) is 15.9 Å². The van der Waals surface area contributed by atoms with Gasteiger partial charge in [-0.25, -0.2) is 0 Å². The minimum Gasteiger partial charge on any atom is -0.296 e. The number of pyridine rings is 1. The van der Waals surface area contributed by atoms with Gasteiger partial charge in [0.05, 0.1) is 0 Å². The van der Waals surface area contributed by atoms with Crippen LogP contribution in [0.4, 0.5) is 5.13 Å². The molecule has 6 heteroatoms. The molecule has 0 spiro atoms. The normalized spacial score (nSPS) is 9.41. The summed E-state index contributed by atoms with van der Waals surface area (Å²) in [6.07, 6.45) is 2.87. The van der Waals surface area contributed by atoms with Gasteiger partial charge in [0, 0.05) is 12.3 Å². The van der Waals surface area contributed by atoms with Crippen LogP contribution in [-0.4, -0.2) is 21.1 Å². The van der Waals surface area contributed by atoms with Gasteiger partial charge in [0.15, 0.2) is 5.01 Å². The lowest BCUT2D eigenvalue weighted by molar-refractivity contribution is -0.111. The Balaban J connectivity index is 2.17. The molecule has 1 N–H and O–H groups in total. The summed E-state index contributed by atoms with van der Waals surface area (Å²) in [5.74, 6) is -0.330. The molecule has 2 heterocycles. The molecule has 0 saturated heterocycles. The first-order chi connectivity index (χ1) is 8.29. The number of hydrogen-bond donors (Lipinski definition) is 1. The number of carbonyl (C=O) groups excluding carboxylic acids is 1. The topological polar surface area (TPSA) is 67.8 Å². The fourth-order valence-corrected chi connectivity index (χ4v) is 1.82. The third-order valence-corrected chi connectivity index (χ3v) is 2.63. The molecule has 0 aromatic carbocycles. The summed E-state index contributed by atoms with van der Waals surface area (Å²) in [4.78, 5) is 15.4. The van der Waals surface area contributed by atoms with Crippen LogP contribution in [0.15, 0.2) is 42.8 Å². The van der Waals surface area contributed by atoms with Crippen LogP contribution in [0.2, 0.25) is 0 Å². The van der Waals surface area contributed by atoms with Crippen LogP contribution in [-0.2, 0) is 4.79 Å². The first-order valence-electron chi connectivity index (χ1n) is 4.71. The van der Waals surface area contributed by atoms with Crippen LogP contribution >= 0.6 is 11.3 Å². The highest BCUT2D eigenvalue weighted by Gasteiger charge is 2.08. The Hall–Kier alpha value is -2.30. The van der Waals surface area contributed by atoms with Gasteiger partial charge in [0.2, 0.25) is 5.13 Å². The van der Waals surface area contributed by atoms with E-state index >= 15 is 0 Å². The van der Waals surface area contributed by atoms with E-state index in [2.05, 4.69) is 32.8 Å². The van der Waals surface area contributed by atoms with E-state index in [4.69, 9.17) is 0 Å². The monoisotopic (exact) mass is 244 g/mol. The minimum absolute atomic E-state index is 0.330. The number of carbonyl (C=O) groups is 1. The van der Waals surface area contributed by atoms with Crippen LogP contribution in [0, 0.1) is 0 Å². The molecule has 0 radical (unpaired) electrons. The molecule has 17 heavy (non-hydrogen) atoms. The first kappa shape index (κ1) is 11.2. The molecule has 0 fully saturated rings. The molecule has 0 aliphatic heterocycles. The second kappa shape index (κ2) is 5.16. The quantitative estimate of drug-likeness (QED) is 0.661. The van der Waals surface area contributed by atoms with Crippen molar-refractivity contribution in [2.24, 2.45) is 0 Å². The van der Waals surface area contributed by atoms with E-state index < -0.39 is 0 Å². The Labute approximate surface area is 102 Å². The fourth-order valence-electron chi connectivity index (χ4n) is 1.10. The summed E-state index contributed by atoms with van der Waals surface area (Å²) in [7, 11) is 0. The zero-order valence-electron chi connectivity index (χ0n) is 8.75. The van der Waals surface area contributed by atoms with Gasteiger partial charge in [-0.3, -0.25) is 15.1 Å². The van der Waals surface area contributed by atoms with Crippen LogP contribution < -0.4 is 5.32 Å². The van der Waals surface area contributed by atoms with Crippen molar-refractivity contribution in [3.8, 4) is 10.7 Å². The van der Waals surface area contributed by atoms with Crippen molar-refractivity contribution in [3.05, 3.63) is 42.8 Å². The smallest absolute Gasteiger partial charge is 0.257 e. The minimum atomic E-state index is -0.330. The molecule has 0 bridgehead atoms. The maximum Gasteiger partial charge on any atom is 0.257 e. The lowest BCUT2D eigenvalue weighted by atomic mass is 10.4. The second-order valence-corrected chi connectivity index (χ2v) is 3.94. The summed E-state index contributed by atoms with van der Waals surface area (Å²) < 4.78 is 0. The van der Waals surface area contributed by atoms with Crippen molar-refractivity contribution in [1.82, 2.24) is 15.2 Å². The van der Waals surface area contributed by atoms with Gasteiger partial charge >= 0.3 is 0 Å². The molecular formula is C11H8N4OS. The van der Waals surface area contributed by atoms with Gasteiger partial charge in [-0.1, -0.05) is 24.0 Å². The molecule has 2 rings (SSSR count). The third-order valence-electron chi connectivity index (χ3n) is 1.77. The van der Waals surface area contributed by atoms with Gasteiger partial charge in [0.25, 0.3) is 5.91 Å². The predicted octanol–water partition coefficient (Wildman–Crippen LogP) is 1.88. The largest absolute Gasteiger partial charge is 0.296 e. The summed E-state index contributed by atoms with van der Waals surface area (Å²) in [5, 5.41) is 11.4. The maximum atomic E-state index is 11.2. The number of aromatic nitrogens is 3. The first-order valence-corrected chi connectivity index (χ1v) is 5.53. The summed E-state index contributed by atoms with van der Waals surface area (Å²) in [5.41, 5.74) is 3.11. The van der Waals surface area contributed by atoms with Crippen molar-refractivity contribution < 1.29 is 4.79 Å². The van der Waals surface area contributed by atoms with Crippen LogP contribution in [0.5, 0.6) is 0 Å². The highest BCUT2D eigenvalue weighted by atomic mass is 32.1. The van der Waals surface area contributed by atoms with Crippen LogP contribution in [0.1, 0.15) is 0 Å². The molecule has 0 aliphatic rings. The molecule has 2 aromatic heterocycles. The van der Waals surface area contributed by atoms with E-state index in [9.17, 15) is 4.79 Å². The van der Waals surface area contributed by atoms with Crippen molar-refractivity contribution in [2.45, 2.75) is 0 Å². The Morgan fingerprint density at radius 2 is 2.35 bits per heavy atom. The molecular weight excluding hydrogens is 236 g/mol. The predicted molar refractivity (Wildman–Crippen MR) is 65.5 cm³/mol. The molecule has 1 amide bonds. The van der Waals surface area contributed by atoms with Crippen molar-refractivity contribution in [3.63, 3.8) is 0 Å². The number of nitrogens with zero attached hydrogens (tertiary/aromatic N) is 3. The zero-order chi connectivity index (χ0) is 12.1. The standard InChI is InChI=1S/C11H8N4OS/c1-2-5-9(16)13-11-15-14-10(17-11)8-6-3-4-7-12-8/h3-7H,1H2,(H,13,15,16). The van der Waals surface area contributed by atoms with Gasteiger partial charge < -0.3 is 0 Å². The SMILES string of the molecule is C=C=CC(=O)Nc1nnc(-c2ccccn2)s1. The number of hydrogen-bond acceptors (Lipinski definition) is 5. The lowest BCUT2D eigenvalue weighted by Crippen LogP contribution is -2.06. The Morgan fingerprint density at radius 1 is 1.47 bits per heavy atom. The van der Waals surface area contributed by atoms with Gasteiger partial charge in [-0.2, -0.15) is 0 Å². The summed E-state index contributed by atoms with van der Waals surface area (Å²) in [6, 6.07) is 5.51. The average molecular weight is 244 g/mol. The van der Waals surface area contributed by atoms with Crippen molar-refractivity contribution in [1.29, 1.82) is 0 Å². The number of amides is 1. The Kier molecular flexibility index (Phi) is 3.40. The molecule has 0 unspecified atom stereocenters. The van der Waals surface area contributed by atoms with Crippen LogP contribution in [0.25, 0.3) is 10.7 Å². The van der Waals surface area contributed by atoms with E-state index in [0.29, 0.717) is 10.1 Å². The molecule has 2 aromatic rings. The maximum absolute atomic E-state index is 11.2. The third kappa shape index (κ3) is 2.84. The highest BCUT2D eigenvalue weighted by Crippen LogP contribution is 2.24. The molecule has 0 saturated carbocycles. The van der Waals surface area contributed by atoms with Gasteiger partial charge in [0.1, 0.15) is 5.69 Å². The average Bonchev–Trinajstić information content (AvgIpc) is 2.79. The number of rotatable bonds is 3. The lowest BCUT2D eigenvalue weighted by Gasteiger charge is -1.92. The molecule has 5 nitrogen and oxygen atoms in total.